The number of aliphatic carboxylic acids is 1. The number of carboxylic acid groups (broad SMARTS) is 1. The average molecular weight is 651 g/mol. The molecule has 1 aliphatic rings. The zero-order chi connectivity index (χ0) is 34.0. The first kappa shape index (κ1) is 35.0. The Morgan fingerprint density at radius 3 is 2.25 bits per heavy atom. The molecule has 1 saturated heterocycles. The summed E-state index contributed by atoms with van der Waals surface area (Å²) in [5, 5.41) is 21.3. The molecule has 4 aromatic rings. The van der Waals surface area contributed by atoms with Crippen molar-refractivity contribution in [2.45, 2.75) is 70.8 Å². The van der Waals surface area contributed by atoms with E-state index in [2.05, 4.69) is 73.6 Å². The average Bonchev–Trinajstić information content (AvgIpc) is 3.11. The Morgan fingerprint density at radius 2 is 1.54 bits per heavy atom. The topological polar surface area (TPSA) is 108 Å². The number of rotatable bonds is 14. The molecule has 3 N–H and O–H groups in total. The molecule has 0 spiro atoms. The smallest absolute Gasteiger partial charge is 0.303 e. The summed E-state index contributed by atoms with van der Waals surface area (Å²) in [6, 6.07) is 34.9. The van der Waals surface area contributed by atoms with Gasteiger partial charge in [-0.25, -0.2) is 0 Å². The molecule has 48 heavy (non-hydrogen) atoms. The second kappa shape index (κ2) is 16.7. The van der Waals surface area contributed by atoms with Gasteiger partial charge in [0.2, 0.25) is 5.91 Å². The van der Waals surface area contributed by atoms with E-state index in [1.54, 1.807) is 0 Å². The van der Waals surface area contributed by atoms with Crippen molar-refractivity contribution in [3.63, 3.8) is 0 Å². The third-order valence-corrected chi connectivity index (χ3v) is 9.24. The molecule has 1 fully saturated rings. The molecule has 0 aliphatic carbocycles. The van der Waals surface area contributed by atoms with E-state index in [9.17, 15) is 14.7 Å². The van der Waals surface area contributed by atoms with Crippen LogP contribution < -0.4 is 5.32 Å². The highest BCUT2D eigenvalue weighted by Crippen LogP contribution is 2.42. The molecule has 4 aromatic carbocycles. The Balaban J connectivity index is 1.35. The Labute approximate surface area is 283 Å². The van der Waals surface area contributed by atoms with Gasteiger partial charge >= 0.3 is 5.97 Å². The second-order valence-electron chi connectivity index (χ2n) is 12.7. The maximum absolute atomic E-state index is 12.2. The number of nitrogens with one attached hydrogen (secondary N) is 1. The summed E-state index contributed by atoms with van der Waals surface area (Å²) in [5.74, 6) is -1.00. The summed E-state index contributed by atoms with van der Waals surface area (Å²) in [6.07, 6.45) is -0.449. The first-order valence-corrected chi connectivity index (χ1v) is 16.7. The van der Waals surface area contributed by atoms with Crippen LogP contribution in [0.5, 0.6) is 0 Å². The van der Waals surface area contributed by atoms with Crippen LogP contribution in [0.15, 0.2) is 103 Å². The van der Waals surface area contributed by atoms with E-state index in [0.717, 1.165) is 33.4 Å². The second-order valence-corrected chi connectivity index (χ2v) is 12.7. The highest BCUT2D eigenvalue weighted by atomic mass is 16.7. The molecule has 0 saturated carbocycles. The van der Waals surface area contributed by atoms with Crippen LogP contribution >= 0.6 is 0 Å². The van der Waals surface area contributed by atoms with E-state index in [-0.39, 0.29) is 49.5 Å². The summed E-state index contributed by atoms with van der Waals surface area (Å²) in [4.78, 5) is 25.3. The van der Waals surface area contributed by atoms with Gasteiger partial charge in [0.05, 0.1) is 18.8 Å². The Bertz CT molecular complexity index is 1640. The van der Waals surface area contributed by atoms with Crippen LogP contribution in [0.2, 0.25) is 0 Å². The highest BCUT2D eigenvalue weighted by molar-refractivity contribution is 5.76. The lowest BCUT2D eigenvalue weighted by molar-refractivity contribution is -0.276. The lowest BCUT2D eigenvalue weighted by Crippen LogP contribution is -2.44. The molecule has 0 aromatic heterocycles. The molecule has 252 valence electrons. The van der Waals surface area contributed by atoms with Gasteiger partial charge in [0.25, 0.3) is 0 Å². The summed E-state index contributed by atoms with van der Waals surface area (Å²) >= 11 is 0. The van der Waals surface area contributed by atoms with E-state index in [0.29, 0.717) is 19.5 Å². The largest absolute Gasteiger partial charge is 0.481 e. The minimum Gasteiger partial charge on any atom is -0.481 e. The lowest BCUT2D eigenvalue weighted by atomic mass is 9.89. The molecule has 5 rings (SSSR count). The molecular formula is C40H46N2O6. The van der Waals surface area contributed by atoms with E-state index in [1.807, 2.05) is 60.7 Å². The van der Waals surface area contributed by atoms with Crippen LogP contribution in [-0.4, -0.2) is 46.7 Å². The first-order chi connectivity index (χ1) is 23.2. The fourth-order valence-corrected chi connectivity index (χ4v) is 6.17. The van der Waals surface area contributed by atoms with Crippen LogP contribution in [0.25, 0.3) is 11.1 Å². The van der Waals surface area contributed by atoms with Gasteiger partial charge in [-0.3, -0.25) is 14.5 Å². The van der Waals surface area contributed by atoms with Crippen molar-refractivity contribution >= 4 is 11.9 Å². The molecule has 8 nitrogen and oxygen atoms in total. The number of carboxylic acids is 1. The summed E-state index contributed by atoms with van der Waals surface area (Å²) < 4.78 is 13.5. The van der Waals surface area contributed by atoms with Gasteiger partial charge in [0, 0.05) is 43.5 Å². The van der Waals surface area contributed by atoms with Gasteiger partial charge in [0.15, 0.2) is 6.29 Å². The normalized spacial score (nSPS) is 19.9. The minimum absolute atomic E-state index is 0.00889. The molecule has 1 amide bonds. The van der Waals surface area contributed by atoms with Crippen molar-refractivity contribution < 1.29 is 29.3 Å². The number of likely N-dealkylation sites (N-methyl/N-ethyl adjacent to an activating group) is 1. The SMILES string of the molecule is C[C@@H]1[C@H](CN(C)[C@@H](C)c2ccccc2)O[C@H](c2cccc(-c3cccc(CNC(=O)CCCC(=O)O)c3)c2)O[C@@H]1c1ccc(CO)cc1. The number of benzene rings is 4. The van der Waals surface area contributed by atoms with Gasteiger partial charge in [0.1, 0.15) is 0 Å². The van der Waals surface area contributed by atoms with Gasteiger partial charge in [-0.15, -0.1) is 0 Å². The van der Waals surface area contributed by atoms with Crippen LogP contribution in [-0.2, 0) is 32.2 Å². The van der Waals surface area contributed by atoms with E-state index >= 15 is 0 Å². The molecule has 0 bridgehead atoms. The Morgan fingerprint density at radius 1 is 0.833 bits per heavy atom. The third kappa shape index (κ3) is 9.17. The molecule has 0 unspecified atom stereocenters. The number of carbonyl (C=O) groups is 2. The quantitative estimate of drug-likeness (QED) is 0.132. The third-order valence-electron chi connectivity index (χ3n) is 9.24. The molecular weight excluding hydrogens is 604 g/mol. The van der Waals surface area contributed by atoms with Crippen molar-refractivity contribution in [1.82, 2.24) is 10.2 Å². The predicted octanol–water partition coefficient (Wildman–Crippen LogP) is 7.20. The predicted molar refractivity (Wildman–Crippen MR) is 186 cm³/mol. The summed E-state index contributed by atoms with van der Waals surface area (Å²) in [5.41, 5.74) is 7.02. The number of amides is 1. The lowest BCUT2D eigenvalue weighted by Gasteiger charge is -2.43. The van der Waals surface area contributed by atoms with Crippen molar-refractivity contribution in [2.75, 3.05) is 13.6 Å². The first-order valence-electron chi connectivity index (χ1n) is 16.7. The van der Waals surface area contributed by atoms with Gasteiger partial charge in [-0.05, 0) is 65.9 Å². The zero-order valence-electron chi connectivity index (χ0n) is 27.9. The fraction of sp³-hybridized carbons (Fsp3) is 0.350. The maximum atomic E-state index is 12.2. The summed E-state index contributed by atoms with van der Waals surface area (Å²) in [6.45, 7) is 5.46. The monoisotopic (exact) mass is 650 g/mol. The minimum atomic E-state index is -0.899. The number of aliphatic hydroxyl groups excluding tert-OH is 1. The van der Waals surface area contributed by atoms with Crippen LogP contribution in [0, 0.1) is 5.92 Å². The molecule has 1 heterocycles. The molecule has 1 aliphatic heterocycles. The maximum Gasteiger partial charge on any atom is 0.303 e. The van der Waals surface area contributed by atoms with E-state index in [4.69, 9.17) is 14.6 Å². The number of aliphatic hydroxyl groups is 1. The van der Waals surface area contributed by atoms with Crippen LogP contribution in [0.1, 0.15) is 79.4 Å². The van der Waals surface area contributed by atoms with Crippen molar-refractivity contribution in [1.29, 1.82) is 0 Å². The Kier molecular flexibility index (Phi) is 12.1. The van der Waals surface area contributed by atoms with Crippen LogP contribution in [0.3, 0.4) is 0 Å². The van der Waals surface area contributed by atoms with Crippen molar-refractivity contribution in [3.8, 4) is 11.1 Å². The molecule has 0 radical (unpaired) electrons. The number of carbonyl (C=O) groups excluding carboxylic acids is 1. The zero-order valence-corrected chi connectivity index (χ0v) is 27.9. The van der Waals surface area contributed by atoms with Gasteiger partial charge in [-0.2, -0.15) is 0 Å². The Hall–Kier alpha value is -4.34. The number of nitrogens with zero attached hydrogens (tertiary/aromatic N) is 1. The van der Waals surface area contributed by atoms with E-state index < -0.39 is 12.3 Å². The summed E-state index contributed by atoms with van der Waals surface area (Å²) in [7, 11) is 2.13. The van der Waals surface area contributed by atoms with Gasteiger partial charge < -0.3 is 25.0 Å². The van der Waals surface area contributed by atoms with Gasteiger partial charge in [-0.1, -0.05) is 97.9 Å². The molecule has 8 heteroatoms. The molecule has 5 atom stereocenters. The number of ether oxygens (including phenoxy) is 2. The number of hydrogen-bond acceptors (Lipinski definition) is 6. The number of hydrogen-bond donors (Lipinski definition) is 3. The van der Waals surface area contributed by atoms with Crippen molar-refractivity contribution in [3.05, 3.63) is 131 Å². The highest BCUT2D eigenvalue weighted by Gasteiger charge is 2.39. The fourth-order valence-electron chi connectivity index (χ4n) is 6.17. The van der Waals surface area contributed by atoms with Crippen LogP contribution in [0.4, 0.5) is 0 Å². The standard InChI is InChI=1S/C40H46N2O6/c1-27-36(25-42(3)28(2)31-11-5-4-6-12-31)47-40(48-39(27)32-20-18-29(26-43)19-21-32)35-15-8-14-34(23-35)33-13-7-10-30(22-33)24-41-37(44)16-9-17-38(45)46/h4-8,10-15,18-23,27-28,36,39-40,43H,9,16-17,24-26H2,1-3H3,(H,41,44)(H,45,46)/t27-,28+,36+,39+,40+/m1/s1. The van der Waals surface area contributed by atoms with Crippen molar-refractivity contribution in [2.24, 2.45) is 5.92 Å². The van der Waals surface area contributed by atoms with E-state index in [1.165, 1.54) is 5.56 Å².